The Balaban J connectivity index is 1.41. The SMILES string of the molecule is COc1cccc(O[C@H]2CC[C@H](C3=c4[nH]c5c(c4CN=N3)N(C(=O)O)CC=C(Cl)C=5)CC2)c1. The molecule has 8 nitrogen and oxygen atoms in total. The summed E-state index contributed by atoms with van der Waals surface area (Å²) in [5.74, 6) is 1.82. The van der Waals surface area contributed by atoms with Gasteiger partial charge in [-0.3, -0.25) is 4.90 Å². The molecule has 1 fully saturated rings. The number of carboxylic acid groups (broad SMARTS) is 1. The molecule has 3 heterocycles. The number of H-pyrrole nitrogens is 1. The predicted molar refractivity (Wildman–Crippen MR) is 125 cm³/mol. The molecule has 3 aliphatic rings. The van der Waals surface area contributed by atoms with Crippen molar-refractivity contribution in [2.45, 2.75) is 38.3 Å². The van der Waals surface area contributed by atoms with Crippen LogP contribution in [0.3, 0.4) is 0 Å². The molecular formula is C24H25ClN4O4. The highest BCUT2D eigenvalue weighted by Crippen LogP contribution is 2.35. The minimum Gasteiger partial charge on any atom is -0.497 e. The number of carbonyl (C=O) groups is 1. The zero-order valence-corrected chi connectivity index (χ0v) is 19.0. The summed E-state index contributed by atoms with van der Waals surface area (Å²) in [6.45, 7) is 0.537. The molecule has 1 aromatic heterocycles. The fourth-order valence-electron chi connectivity index (χ4n) is 4.82. The van der Waals surface area contributed by atoms with Gasteiger partial charge in [-0.2, -0.15) is 10.2 Å². The van der Waals surface area contributed by atoms with Gasteiger partial charge in [0.15, 0.2) is 0 Å². The number of ether oxygens (including phenoxy) is 2. The first-order valence-electron chi connectivity index (χ1n) is 11.0. The highest BCUT2D eigenvalue weighted by molar-refractivity contribution is 6.34. The minimum absolute atomic E-state index is 0.133. The van der Waals surface area contributed by atoms with E-state index in [0.717, 1.165) is 53.8 Å². The van der Waals surface area contributed by atoms with Crippen LogP contribution in [0.5, 0.6) is 11.5 Å². The Hall–Kier alpha value is -3.26. The standard InChI is InChI=1S/C24H25ClN4O4/c1-32-17-3-2-4-18(12-17)33-16-7-5-14(6-8-16)21-22-19(13-26-28-21)23-20(27-22)11-15(25)9-10-29(23)24(30)31/h2-4,9,11-12,14,16,27H,5-8,10,13H2,1H3,(H,30,31)/t14-,16-. The van der Waals surface area contributed by atoms with Crippen molar-refractivity contribution in [2.75, 3.05) is 18.6 Å². The van der Waals surface area contributed by atoms with Crippen LogP contribution in [0.1, 0.15) is 31.2 Å². The second kappa shape index (κ2) is 8.94. The molecule has 33 heavy (non-hydrogen) atoms. The highest BCUT2D eigenvalue weighted by Gasteiger charge is 2.30. The van der Waals surface area contributed by atoms with Gasteiger partial charge in [0.05, 0.1) is 41.8 Å². The average Bonchev–Trinajstić information content (AvgIpc) is 3.08. The van der Waals surface area contributed by atoms with E-state index < -0.39 is 6.09 Å². The van der Waals surface area contributed by atoms with E-state index in [-0.39, 0.29) is 18.6 Å². The van der Waals surface area contributed by atoms with Gasteiger partial charge in [0.1, 0.15) is 11.5 Å². The van der Waals surface area contributed by atoms with Crippen molar-refractivity contribution in [1.82, 2.24) is 4.98 Å². The van der Waals surface area contributed by atoms with Crippen molar-refractivity contribution in [1.29, 1.82) is 0 Å². The van der Waals surface area contributed by atoms with Crippen LogP contribution in [0.15, 0.2) is 45.6 Å². The van der Waals surface area contributed by atoms with Gasteiger partial charge in [0, 0.05) is 29.1 Å². The van der Waals surface area contributed by atoms with E-state index in [0.29, 0.717) is 22.6 Å². The third-order valence-electron chi connectivity index (χ3n) is 6.42. The van der Waals surface area contributed by atoms with Gasteiger partial charge in [-0.25, -0.2) is 4.79 Å². The number of amides is 1. The van der Waals surface area contributed by atoms with Crippen molar-refractivity contribution < 1.29 is 19.4 Å². The first-order valence-corrected chi connectivity index (χ1v) is 11.4. The maximum absolute atomic E-state index is 11.9. The molecule has 0 atom stereocenters. The lowest BCUT2D eigenvalue weighted by Crippen LogP contribution is -2.33. The lowest BCUT2D eigenvalue weighted by atomic mass is 9.84. The Morgan fingerprint density at radius 2 is 2.03 bits per heavy atom. The Bertz CT molecular complexity index is 1260. The monoisotopic (exact) mass is 468 g/mol. The van der Waals surface area contributed by atoms with Crippen molar-refractivity contribution in [2.24, 2.45) is 16.1 Å². The average molecular weight is 469 g/mol. The molecule has 9 heteroatoms. The predicted octanol–water partition coefficient (Wildman–Crippen LogP) is 4.14. The van der Waals surface area contributed by atoms with Crippen LogP contribution >= 0.6 is 11.6 Å². The number of halogens is 1. The van der Waals surface area contributed by atoms with E-state index in [1.807, 2.05) is 24.3 Å². The van der Waals surface area contributed by atoms with Gasteiger partial charge in [0.25, 0.3) is 0 Å². The van der Waals surface area contributed by atoms with Crippen molar-refractivity contribution in [3.8, 4) is 11.5 Å². The van der Waals surface area contributed by atoms with E-state index in [4.69, 9.17) is 21.1 Å². The van der Waals surface area contributed by atoms with Crippen LogP contribution in [0.2, 0.25) is 0 Å². The molecular weight excluding hydrogens is 444 g/mol. The number of methoxy groups -OCH3 is 1. The molecule has 0 radical (unpaired) electrons. The zero-order chi connectivity index (χ0) is 22.9. The van der Waals surface area contributed by atoms with Gasteiger partial charge < -0.3 is 19.6 Å². The first kappa shape index (κ1) is 21.6. The number of fused-ring (bicyclic) bond motifs is 3. The summed E-state index contributed by atoms with van der Waals surface area (Å²) in [4.78, 5) is 16.6. The fourth-order valence-corrected chi connectivity index (χ4v) is 4.99. The molecule has 2 aromatic rings. The van der Waals surface area contributed by atoms with Gasteiger partial charge in [-0.15, -0.1) is 0 Å². The Labute approximate surface area is 195 Å². The number of hydrogen-bond acceptors (Lipinski definition) is 5. The lowest BCUT2D eigenvalue weighted by Gasteiger charge is -2.29. The van der Waals surface area contributed by atoms with Crippen molar-refractivity contribution >= 4 is 35.2 Å². The molecule has 2 aliphatic heterocycles. The third kappa shape index (κ3) is 4.23. The molecule has 1 saturated carbocycles. The first-order chi connectivity index (χ1) is 16.0. The summed E-state index contributed by atoms with van der Waals surface area (Å²) in [5, 5.41) is 20.7. The molecule has 2 N–H and O–H groups in total. The molecule has 0 saturated heterocycles. The normalized spacial score (nSPS) is 21.9. The molecule has 1 aliphatic carbocycles. The molecule has 5 rings (SSSR count). The van der Waals surface area contributed by atoms with Crippen molar-refractivity contribution in [3.05, 3.63) is 51.6 Å². The second-order valence-corrected chi connectivity index (χ2v) is 8.86. The number of rotatable bonds is 4. The van der Waals surface area contributed by atoms with Crippen LogP contribution in [0.25, 0.3) is 11.8 Å². The van der Waals surface area contributed by atoms with Crippen LogP contribution in [-0.4, -0.2) is 35.9 Å². The van der Waals surface area contributed by atoms with Crippen LogP contribution in [0, 0.1) is 5.92 Å². The van der Waals surface area contributed by atoms with Crippen LogP contribution < -0.4 is 25.1 Å². The fraction of sp³-hybridized carbons (Fsp3) is 0.375. The summed E-state index contributed by atoms with van der Waals surface area (Å²) in [6.07, 6.45) is 6.21. The molecule has 1 aromatic carbocycles. The topological polar surface area (TPSA) is 99.5 Å². The van der Waals surface area contributed by atoms with Gasteiger partial charge in [-0.1, -0.05) is 17.7 Å². The van der Waals surface area contributed by atoms with E-state index in [1.54, 1.807) is 19.3 Å². The maximum atomic E-state index is 11.9. The quantitative estimate of drug-likeness (QED) is 0.704. The molecule has 172 valence electrons. The maximum Gasteiger partial charge on any atom is 0.412 e. The molecule has 0 bridgehead atoms. The summed E-state index contributed by atoms with van der Waals surface area (Å²) in [7, 11) is 1.65. The Morgan fingerprint density at radius 3 is 2.79 bits per heavy atom. The summed E-state index contributed by atoms with van der Waals surface area (Å²) < 4.78 is 11.5. The third-order valence-corrected chi connectivity index (χ3v) is 6.69. The van der Waals surface area contributed by atoms with Crippen molar-refractivity contribution in [3.63, 3.8) is 0 Å². The Kier molecular flexibility index (Phi) is 5.85. The number of nitrogens with zero attached hydrogens (tertiary/aromatic N) is 3. The van der Waals surface area contributed by atoms with Gasteiger partial charge in [-0.05, 0) is 50.0 Å². The minimum atomic E-state index is -1.02. The zero-order valence-electron chi connectivity index (χ0n) is 18.3. The van der Waals surface area contributed by atoms with Gasteiger partial charge in [0.2, 0.25) is 0 Å². The number of nitrogens with one attached hydrogen (secondary N) is 1. The second-order valence-electron chi connectivity index (χ2n) is 8.42. The summed E-state index contributed by atoms with van der Waals surface area (Å²) in [5.41, 5.74) is 2.38. The van der Waals surface area contributed by atoms with E-state index >= 15 is 0 Å². The number of benzene rings is 1. The lowest BCUT2D eigenvalue weighted by molar-refractivity contribution is 0.142. The number of azo groups is 1. The molecule has 1 amide bonds. The number of allylic oxidation sites excluding steroid dienone is 1. The molecule has 0 unspecified atom stereocenters. The largest absolute Gasteiger partial charge is 0.497 e. The van der Waals surface area contributed by atoms with Gasteiger partial charge >= 0.3 is 6.09 Å². The van der Waals surface area contributed by atoms with Crippen LogP contribution in [-0.2, 0) is 6.54 Å². The smallest absolute Gasteiger partial charge is 0.412 e. The van der Waals surface area contributed by atoms with E-state index in [2.05, 4.69) is 15.2 Å². The summed E-state index contributed by atoms with van der Waals surface area (Å²) in [6, 6.07) is 7.67. The molecule has 0 spiro atoms. The van der Waals surface area contributed by atoms with E-state index in [1.165, 1.54) is 4.90 Å². The van der Waals surface area contributed by atoms with Crippen LogP contribution in [0.4, 0.5) is 10.5 Å². The number of aromatic amines is 1. The highest BCUT2D eigenvalue weighted by atomic mass is 35.5. The Morgan fingerprint density at radius 1 is 1.24 bits per heavy atom. The number of anilines is 1. The number of hydrogen-bond donors (Lipinski definition) is 2. The summed E-state index contributed by atoms with van der Waals surface area (Å²) >= 11 is 6.26. The van der Waals surface area contributed by atoms with E-state index in [9.17, 15) is 9.90 Å². The number of aromatic nitrogens is 1.